The van der Waals surface area contributed by atoms with E-state index >= 15 is 0 Å². The van der Waals surface area contributed by atoms with Gasteiger partial charge in [0.2, 0.25) is 0 Å². The molecule has 0 aromatic heterocycles. The zero-order valence-corrected chi connectivity index (χ0v) is 12.3. The lowest BCUT2D eigenvalue weighted by Gasteiger charge is -2.06. The Morgan fingerprint density at radius 1 is 1.10 bits per heavy atom. The van der Waals surface area contributed by atoms with Gasteiger partial charge in [-0.05, 0) is 30.5 Å². The molecule has 0 saturated carbocycles. The van der Waals surface area contributed by atoms with Crippen molar-refractivity contribution in [2.75, 3.05) is 12.3 Å². The molecule has 1 rings (SSSR count). The maximum Gasteiger partial charge on any atom is 0.181 e. The van der Waals surface area contributed by atoms with Crippen molar-refractivity contribution in [3.05, 3.63) is 40.3 Å². The molecule has 0 atom stereocenters. The van der Waals surface area contributed by atoms with Crippen molar-refractivity contribution < 1.29 is 17.2 Å². The average molecular weight is 317 g/mol. The quantitative estimate of drug-likeness (QED) is 0.227. The summed E-state index contributed by atoms with van der Waals surface area (Å²) in [6, 6.07) is 2.47. The van der Waals surface area contributed by atoms with Crippen LogP contribution in [0.15, 0.2) is 28.2 Å². The number of hydrogen-bond acceptors (Lipinski definition) is 3. The number of rotatable bonds is 9. The van der Waals surface area contributed by atoms with Crippen molar-refractivity contribution in [1.29, 1.82) is 0 Å². The highest BCUT2D eigenvalue weighted by molar-refractivity contribution is 7.91. The van der Waals surface area contributed by atoms with E-state index < -0.39 is 26.4 Å². The molecule has 0 aliphatic carbocycles. The van der Waals surface area contributed by atoms with Gasteiger partial charge in [-0.25, -0.2) is 17.2 Å². The van der Waals surface area contributed by atoms with Crippen LogP contribution in [0.2, 0.25) is 0 Å². The molecule has 0 N–H and O–H groups in total. The maximum absolute atomic E-state index is 13.4. The van der Waals surface area contributed by atoms with Crippen LogP contribution in [0.1, 0.15) is 32.1 Å². The Labute approximate surface area is 122 Å². The summed E-state index contributed by atoms with van der Waals surface area (Å²) < 4.78 is 50.0. The minimum absolute atomic E-state index is 0.161. The monoisotopic (exact) mass is 317 g/mol. The van der Waals surface area contributed by atoms with Crippen molar-refractivity contribution in [2.24, 2.45) is 5.11 Å². The molecule has 0 radical (unpaired) electrons. The number of sulfone groups is 1. The Morgan fingerprint density at radius 3 is 2.43 bits per heavy atom. The Balaban J connectivity index is 2.38. The first-order valence-electron chi connectivity index (χ1n) is 6.66. The number of nitrogens with zero attached hydrogens (tertiary/aromatic N) is 3. The van der Waals surface area contributed by atoms with E-state index in [1.165, 1.54) is 0 Å². The van der Waals surface area contributed by atoms with Gasteiger partial charge in [0, 0.05) is 17.5 Å². The second-order valence-corrected chi connectivity index (χ2v) is 6.69. The predicted octanol–water partition coefficient (Wildman–Crippen LogP) is 4.00. The van der Waals surface area contributed by atoms with E-state index in [1.54, 1.807) is 0 Å². The Bertz CT molecular complexity index is 614. The smallest absolute Gasteiger partial charge is 0.181 e. The van der Waals surface area contributed by atoms with Gasteiger partial charge in [-0.1, -0.05) is 24.4 Å². The predicted molar refractivity (Wildman–Crippen MR) is 75.5 cm³/mol. The molecule has 5 nitrogen and oxygen atoms in total. The van der Waals surface area contributed by atoms with Crippen LogP contribution in [-0.2, 0) is 9.84 Å². The average Bonchev–Trinajstić information content (AvgIpc) is 2.41. The highest BCUT2D eigenvalue weighted by atomic mass is 32.2. The summed E-state index contributed by atoms with van der Waals surface area (Å²) in [6.07, 6.45) is 3.55. The molecular weight excluding hydrogens is 300 g/mol. The van der Waals surface area contributed by atoms with Crippen molar-refractivity contribution in [3.8, 4) is 0 Å². The molecule has 0 aliphatic heterocycles. The fourth-order valence-corrected chi connectivity index (χ4v) is 3.32. The van der Waals surface area contributed by atoms with E-state index in [4.69, 9.17) is 5.53 Å². The third-order valence-electron chi connectivity index (χ3n) is 2.96. The van der Waals surface area contributed by atoms with Gasteiger partial charge in [0.05, 0.1) is 5.75 Å². The molecule has 8 heteroatoms. The van der Waals surface area contributed by atoms with Crippen LogP contribution >= 0.6 is 0 Å². The molecule has 0 spiro atoms. The van der Waals surface area contributed by atoms with Crippen molar-refractivity contribution in [2.45, 2.75) is 37.0 Å². The van der Waals surface area contributed by atoms with Crippen molar-refractivity contribution in [1.82, 2.24) is 0 Å². The second-order valence-electron chi connectivity index (χ2n) is 4.62. The number of halogens is 2. The lowest BCUT2D eigenvalue weighted by molar-refractivity contribution is 0.546. The topological polar surface area (TPSA) is 82.9 Å². The molecule has 0 heterocycles. The first kappa shape index (κ1) is 17.4. The largest absolute Gasteiger partial charge is 0.224 e. The molecule has 21 heavy (non-hydrogen) atoms. The van der Waals surface area contributed by atoms with E-state index in [0.717, 1.165) is 31.4 Å². The van der Waals surface area contributed by atoms with E-state index in [0.29, 0.717) is 25.5 Å². The van der Waals surface area contributed by atoms with E-state index in [2.05, 4.69) is 10.0 Å². The van der Waals surface area contributed by atoms with Gasteiger partial charge in [-0.2, -0.15) is 0 Å². The summed E-state index contributed by atoms with van der Waals surface area (Å²) >= 11 is 0. The van der Waals surface area contributed by atoms with Gasteiger partial charge >= 0.3 is 0 Å². The van der Waals surface area contributed by atoms with Gasteiger partial charge < -0.3 is 0 Å². The second kappa shape index (κ2) is 8.59. The lowest BCUT2D eigenvalue weighted by Crippen LogP contribution is -2.09. The van der Waals surface area contributed by atoms with Gasteiger partial charge in [0.1, 0.15) is 16.5 Å². The summed E-state index contributed by atoms with van der Waals surface area (Å²) in [5, 5.41) is 3.40. The van der Waals surface area contributed by atoms with Crippen LogP contribution in [0.3, 0.4) is 0 Å². The highest BCUT2D eigenvalue weighted by Gasteiger charge is 2.19. The highest BCUT2D eigenvalue weighted by Crippen LogP contribution is 2.18. The minimum Gasteiger partial charge on any atom is -0.224 e. The number of hydrogen-bond donors (Lipinski definition) is 0. The number of unbranched alkanes of at least 4 members (excludes halogenated alkanes) is 4. The Hall–Kier alpha value is -1.66. The molecule has 0 unspecified atom stereocenters. The van der Waals surface area contributed by atoms with Gasteiger partial charge in [0.15, 0.2) is 9.84 Å². The maximum atomic E-state index is 13.4. The van der Waals surface area contributed by atoms with Crippen LogP contribution in [0.4, 0.5) is 8.78 Å². The van der Waals surface area contributed by atoms with Crippen LogP contribution in [0.5, 0.6) is 0 Å². The Morgan fingerprint density at radius 2 is 1.76 bits per heavy atom. The first-order chi connectivity index (χ1) is 9.97. The van der Waals surface area contributed by atoms with Crippen molar-refractivity contribution >= 4 is 9.84 Å². The van der Waals surface area contributed by atoms with Crippen LogP contribution < -0.4 is 0 Å². The lowest BCUT2D eigenvalue weighted by atomic mass is 10.2. The third-order valence-corrected chi connectivity index (χ3v) is 4.79. The fraction of sp³-hybridized carbons (Fsp3) is 0.538. The molecule has 0 saturated heterocycles. The zero-order chi connectivity index (χ0) is 15.7. The molecule has 0 amide bonds. The summed E-state index contributed by atoms with van der Waals surface area (Å²) in [7, 11) is -3.72. The van der Waals surface area contributed by atoms with Crippen LogP contribution in [0.25, 0.3) is 10.4 Å². The summed E-state index contributed by atoms with van der Waals surface area (Å²) in [5.74, 6) is -2.01. The van der Waals surface area contributed by atoms with Crippen LogP contribution in [-0.4, -0.2) is 20.7 Å². The Kier molecular flexibility index (Phi) is 7.11. The molecule has 0 bridgehead atoms. The van der Waals surface area contributed by atoms with Gasteiger partial charge in [-0.15, -0.1) is 0 Å². The molecule has 0 fully saturated rings. The molecule has 116 valence electrons. The van der Waals surface area contributed by atoms with Crippen LogP contribution in [0, 0.1) is 11.6 Å². The standard InChI is InChI=1S/C13H17F2N3O2S/c14-11-6-7-13(12(15)10-11)21(19,20)9-5-3-1-2-4-8-17-18-16/h6-7,10H,1-5,8-9H2. The zero-order valence-electron chi connectivity index (χ0n) is 11.5. The molecular formula is C13H17F2N3O2S. The van der Waals surface area contributed by atoms with E-state index in [9.17, 15) is 17.2 Å². The molecule has 1 aromatic carbocycles. The van der Waals surface area contributed by atoms with E-state index in [1.807, 2.05) is 0 Å². The minimum atomic E-state index is -3.72. The summed E-state index contributed by atoms with van der Waals surface area (Å²) in [4.78, 5) is 2.18. The first-order valence-corrected chi connectivity index (χ1v) is 8.31. The summed E-state index contributed by atoms with van der Waals surface area (Å²) in [6.45, 7) is 0.440. The summed E-state index contributed by atoms with van der Waals surface area (Å²) in [5.41, 5.74) is 8.08. The van der Waals surface area contributed by atoms with E-state index in [-0.39, 0.29) is 5.75 Å². The van der Waals surface area contributed by atoms with Gasteiger partial charge in [-0.3, -0.25) is 0 Å². The fourth-order valence-electron chi connectivity index (χ4n) is 1.89. The molecule has 1 aromatic rings. The number of azide groups is 1. The molecule has 0 aliphatic rings. The van der Waals surface area contributed by atoms with Crippen molar-refractivity contribution in [3.63, 3.8) is 0 Å². The SMILES string of the molecule is [N-]=[N+]=NCCCCCCCS(=O)(=O)c1ccc(F)cc1F. The number of benzene rings is 1. The third kappa shape index (κ3) is 6.10. The normalized spacial score (nSPS) is 11.1. The van der Waals surface area contributed by atoms with Gasteiger partial charge in [0.25, 0.3) is 0 Å².